The molecule has 0 aromatic carbocycles. The fourth-order valence-corrected chi connectivity index (χ4v) is 3.54. The van der Waals surface area contributed by atoms with Crippen LogP contribution in [0.25, 0.3) is 0 Å². The molecular formula is C14H22N4O2. The van der Waals surface area contributed by atoms with Crippen molar-refractivity contribution in [1.82, 2.24) is 19.7 Å². The summed E-state index contributed by atoms with van der Waals surface area (Å²) in [7, 11) is 1.98. The number of aryl methyl sites for hydroxylation is 1. The molecule has 1 unspecified atom stereocenters. The van der Waals surface area contributed by atoms with Crippen molar-refractivity contribution in [1.29, 1.82) is 0 Å². The molecular weight excluding hydrogens is 256 g/mol. The molecule has 1 aliphatic heterocycles. The third-order valence-corrected chi connectivity index (χ3v) is 4.84. The molecule has 1 aromatic rings. The maximum Gasteiger partial charge on any atom is 0.248 e. The molecule has 110 valence electrons. The summed E-state index contributed by atoms with van der Waals surface area (Å²) in [6.07, 6.45) is 5.36. The molecule has 0 N–H and O–H groups in total. The van der Waals surface area contributed by atoms with Gasteiger partial charge in [-0.1, -0.05) is 6.42 Å². The Morgan fingerprint density at radius 1 is 1.55 bits per heavy atom. The highest BCUT2D eigenvalue weighted by Gasteiger charge is 2.53. The van der Waals surface area contributed by atoms with Crippen LogP contribution >= 0.6 is 0 Å². The van der Waals surface area contributed by atoms with Crippen LogP contribution in [0.5, 0.6) is 0 Å². The number of carbonyl (C=O) groups excluding carboxylic acids is 1. The number of nitrogens with zero attached hydrogens (tertiary/aromatic N) is 4. The lowest BCUT2D eigenvalue weighted by Gasteiger charge is -2.42. The van der Waals surface area contributed by atoms with Crippen LogP contribution in [0.2, 0.25) is 0 Å². The van der Waals surface area contributed by atoms with Crippen molar-refractivity contribution in [3.05, 3.63) is 12.2 Å². The zero-order valence-electron chi connectivity index (χ0n) is 12.2. The summed E-state index contributed by atoms with van der Waals surface area (Å²) in [5, 5.41) is 8.27. The van der Waals surface area contributed by atoms with Gasteiger partial charge >= 0.3 is 0 Å². The van der Waals surface area contributed by atoms with Gasteiger partial charge in [-0.3, -0.25) is 4.79 Å². The Morgan fingerprint density at radius 3 is 2.90 bits per heavy atom. The molecule has 2 fully saturated rings. The van der Waals surface area contributed by atoms with Crippen molar-refractivity contribution in [2.45, 2.75) is 32.1 Å². The van der Waals surface area contributed by atoms with Crippen molar-refractivity contribution < 1.29 is 9.53 Å². The first-order valence-electron chi connectivity index (χ1n) is 7.36. The summed E-state index contributed by atoms with van der Waals surface area (Å²) < 4.78 is 7.24. The third kappa shape index (κ3) is 2.12. The third-order valence-electron chi connectivity index (χ3n) is 4.84. The van der Waals surface area contributed by atoms with E-state index >= 15 is 0 Å². The topological polar surface area (TPSA) is 60.2 Å². The Bertz CT molecular complexity index is 495. The minimum Gasteiger partial charge on any atom is -0.372 e. The SMILES string of the molecule is CCOCC(=O)N1CC(c2nncn2C)C2(CCC2)C1. The van der Waals surface area contributed by atoms with Crippen LogP contribution in [0.4, 0.5) is 0 Å². The number of likely N-dealkylation sites (tertiary alicyclic amines) is 1. The zero-order chi connectivity index (χ0) is 14.2. The molecule has 2 heterocycles. The van der Waals surface area contributed by atoms with Crippen molar-refractivity contribution in [2.75, 3.05) is 26.3 Å². The maximum atomic E-state index is 12.2. The fraction of sp³-hybridized carbons (Fsp3) is 0.786. The second-order valence-corrected chi connectivity index (χ2v) is 5.98. The van der Waals surface area contributed by atoms with Gasteiger partial charge < -0.3 is 14.2 Å². The van der Waals surface area contributed by atoms with E-state index in [1.54, 1.807) is 6.33 Å². The molecule has 3 rings (SSSR count). The maximum absolute atomic E-state index is 12.2. The lowest BCUT2D eigenvalue weighted by atomic mass is 9.62. The van der Waals surface area contributed by atoms with E-state index in [0.717, 1.165) is 18.9 Å². The molecule has 1 saturated heterocycles. The number of hydrogen-bond acceptors (Lipinski definition) is 4. The van der Waals surface area contributed by atoms with Crippen LogP contribution in [0.3, 0.4) is 0 Å². The predicted octanol–water partition coefficient (Wildman–Crippen LogP) is 0.948. The first kappa shape index (κ1) is 13.5. The van der Waals surface area contributed by atoms with E-state index in [1.807, 2.05) is 23.4 Å². The molecule has 6 nitrogen and oxygen atoms in total. The van der Waals surface area contributed by atoms with Crippen LogP contribution in [0, 0.1) is 5.41 Å². The predicted molar refractivity (Wildman–Crippen MR) is 73.1 cm³/mol. The van der Waals surface area contributed by atoms with E-state index in [0.29, 0.717) is 12.5 Å². The van der Waals surface area contributed by atoms with Gasteiger partial charge in [-0.25, -0.2) is 0 Å². The fourth-order valence-electron chi connectivity index (χ4n) is 3.54. The average molecular weight is 278 g/mol. The van der Waals surface area contributed by atoms with E-state index in [4.69, 9.17) is 4.74 Å². The van der Waals surface area contributed by atoms with Crippen molar-refractivity contribution in [3.63, 3.8) is 0 Å². The molecule has 2 aliphatic rings. The van der Waals surface area contributed by atoms with Gasteiger partial charge in [0, 0.05) is 32.7 Å². The summed E-state index contributed by atoms with van der Waals surface area (Å²) in [4.78, 5) is 14.1. The summed E-state index contributed by atoms with van der Waals surface area (Å²) in [5.74, 6) is 1.42. The summed E-state index contributed by atoms with van der Waals surface area (Å²) in [6, 6.07) is 0. The molecule has 1 aromatic heterocycles. The number of amides is 1. The van der Waals surface area contributed by atoms with Crippen molar-refractivity contribution >= 4 is 5.91 Å². The summed E-state index contributed by atoms with van der Waals surface area (Å²) in [5.41, 5.74) is 0.225. The van der Waals surface area contributed by atoms with Crippen LogP contribution in [-0.4, -0.2) is 51.9 Å². The van der Waals surface area contributed by atoms with Crippen LogP contribution in [0.1, 0.15) is 37.9 Å². The molecule has 1 atom stereocenters. The van der Waals surface area contributed by atoms with Gasteiger partial charge in [-0.05, 0) is 25.2 Å². The second kappa shape index (κ2) is 5.16. The summed E-state index contributed by atoms with van der Waals surface area (Å²) >= 11 is 0. The van der Waals surface area contributed by atoms with Crippen LogP contribution in [-0.2, 0) is 16.6 Å². The number of rotatable bonds is 4. The minimum atomic E-state index is 0.0998. The monoisotopic (exact) mass is 278 g/mol. The van der Waals surface area contributed by atoms with E-state index < -0.39 is 0 Å². The normalized spacial score (nSPS) is 24.1. The Morgan fingerprint density at radius 2 is 2.35 bits per heavy atom. The van der Waals surface area contributed by atoms with Gasteiger partial charge in [0.1, 0.15) is 18.8 Å². The minimum absolute atomic E-state index is 0.0998. The highest BCUT2D eigenvalue weighted by atomic mass is 16.5. The number of aromatic nitrogens is 3. The van der Waals surface area contributed by atoms with Gasteiger partial charge in [0.2, 0.25) is 5.91 Å². The van der Waals surface area contributed by atoms with Crippen LogP contribution in [0.15, 0.2) is 6.33 Å². The molecule has 1 amide bonds. The standard InChI is InChI=1S/C14H22N4O2/c1-3-20-8-12(19)18-7-11(13-16-15-10-17(13)2)14(9-18)5-4-6-14/h10-11H,3-9H2,1-2H3. The lowest BCUT2D eigenvalue weighted by Crippen LogP contribution is -2.39. The van der Waals surface area contributed by atoms with E-state index in [9.17, 15) is 4.79 Å². The average Bonchev–Trinajstić information content (AvgIpc) is 2.98. The Labute approximate surface area is 119 Å². The van der Waals surface area contributed by atoms with Crippen LogP contribution < -0.4 is 0 Å². The number of carbonyl (C=O) groups is 1. The van der Waals surface area contributed by atoms with E-state index in [1.165, 1.54) is 19.3 Å². The first-order chi connectivity index (χ1) is 9.66. The van der Waals surface area contributed by atoms with E-state index in [-0.39, 0.29) is 17.9 Å². The molecule has 1 saturated carbocycles. The lowest BCUT2D eigenvalue weighted by molar-refractivity contribution is -0.135. The highest BCUT2D eigenvalue weighted by Crippen LogP contribution is 2.55. The van der Waals surface area contributed by atoms with Gasteiger partial charge in [0.05, 0.1) is 0 Å². The highest BCUT2D eigenvalue weighted by molar-refractivity contribution is 5.78. The number of ether oxygens (including phenoxy) is 1. The van der Waals surface area contributed by atoms with Gasteiger partial charge in [0.15, 0.2) is 0 Å². The molecule has 1 spiro atoms. The number of hydrogen-bond donors (Lipinski definition) is 0. The molecule has 6 heteroatoms. The van der Waals surface area contributed by atoms with Crippen molar-refractivity contribution in [2.24, 2.45) is 12.5 Å². The Balaban J connectivity index is 1.77. The quantitative estimate of drug-likeness (QED) is 0.822. The van der Waals surface area contributed by atoms with Crippen molar-refractivity contribution in [3.8, 4) is 0 Å². The first-order valence-corrected chi connectivity index (χ1v) is 7.36. The largest absolute Gasteiger partial charge is 0.372 e. The molecule has 0 bridgehead atoms. The second-order valence-electron chi connectivity index (χ2n) is 5.98. The Kier molecular flexibility index (Phi) is 3.50. The van der Waals surface area contributed by atoms with Gasteiger partial charge in [0.25, 0.3) is 0 Å². The smallest absolute Gasteiger partial charge is 0.248 e. The van der Waals surface area contributed by atoms with Gasteiger partial charge in [-0.15, -0.1) is 10.2 Å². The molecule has 20 heavy (non-hydrogen) atoms. The Hall–Kier alpha value is -1.43. The van der Waals surface area contributed by atoms with Gasteiger partial charge in [-0.2, -0.15) is 0 Å². The summed E-state index contributed by atoms with van der Waals surface area (Å²) in [6.45, 7) is 4.28. The zero-order valence-corrected chi connectivity index (χ0v) is 12.2. The van der Waals surface area contributed by atoms with E-state index in [2.05, 4.69) is 10.2 Å². The molecule has 1 aliphatic carbocycles. The molecule has 0 radical (unpaired) electrons.